The molecule has 8 heteroatoms. The Morgan fingerprint density at radius 2 is 2.09 bits per heavy atom. The number of nitriles is 1. The Balaban J connectivity index is 2.23. The number of rotatable bonds is 5. The Kier molecular flexibility index (Phi) is 5.00. The molecule has 0 unspecified atom stereocenters. The van der Waals surface area contributed by atoms with Crippen molar-refractivity contribution in [2.75, 3.05) is 20.3 Å². The van der Waals surface area contributed by atoms with Crippen LogP contribution in [0.25, 0.3) is 0 Å². The van der Waals surface area contributed by atoms with Gasteiger partial charge in [0.25, 0.3) is 0 Å². The molecule has 0 amide bonds. The zero-order chi connectivity index (χ0) is 16.2. The molecule has 1 aromatic rings. The minimum atomic E-state index is -3.79. The van der Waals surface area contributed by atoms with E-state index < -0.39 is 22.0 Å². The minimum absolute atomic E-state index is 0.0910. The van der Waals surface area contributed by atoms with Crippen LogP contribution in [0.1, 0.15) is 12.8 Å². The van der Waals surface area contributed by atoms with E-state index >= 15 is 0 Å². The van der Waals surface area contributed by atoms with E-state index in [1.807, 2.05) is 0 Å². The molecule has 0 aliphatic carbocycles. The molecule has 2 rings (SSSR count). The lowest BCUT2D eigenvalue weighted by atomic mass is 10.2. The largest absolute Gasteiger partial charge is 0.497 e. The van der Waals surface area contributed by atoms with Crippen LogP contribution in [-0.2, 0) is 19.6 Å². The molecule has 1 aliphatic rings. The maximum Gasteiger partial charge on any atom is 0.325 e. The molecule has 0 radical (unpaired) electrons. The molecule has 1 fully saturated rings. The molecule has 0 aromatic heterocycles. The molecule has 1 saturated heterocycles. The van der Waals surface area contributed by atoms with Gasteiger partial charge in [-0.2, -0.15) is 9.57 Å². The molecule has 1 heterocycles. The van der Waals surface area contributed by atoms with Gasteiger partial charge in [-0.05, 0) is 37.1 Å². The lowest BCUT2D eigenvalue weighted by Crippen LogP contribution is -2.41. The van der Waals surface area contributed by atoms with Gasteiger partial charge in [0.2, 0.25) is 10.0 Å². The van der Waals surface area contributed by atoms with Gasteiger partial charge in [0.05, 0.1) is 12.0 Å². The van der Waals surface area contributed by atoms with Crippen LogP contribution in [0.5, 0.6) is 5.75 Å². The van der Waals surface area contributed by atoms with E-state index in [9.17, 15) is 13.2 Å². The first-order chi connectivity index (χ1) is 10.5. The van der Waals surface area contributed by atoms with Gasteiger partial charge >= 0.3 is 5.97 Å². The molecule has 7 nitrogen and oxygen atoms in total. The van der Waals surface area contributed by atoms with Gasteiger partial charge in [0, 0.05) is 6.54 Å². The van der Waals surface area contributed by atoms with Crippen LogP contribution in [0.15, 0.2) is 29.2 Å². The van der Waals surface area contributed by atoms with Gasteiger partial charge in [0.15, 0.2) is 6.61 Å². The molecule has 0 bridgehead atoms. The topological polar surface area (TPSA) is 96.7 Å². The Morgan fingerprint density at radius 3 is 2.68 bits per heavy atom. The van der Waals surface area contributed by atoms with Crippen LogP contribution < -0.4 is 4.74 Å². The summed E-state index contributed by atoms with van der Waals surface area (Å²) in [5.41, 5.74) is 0. The Hall–Kier alpha value is -2.11. The first-order valence-electron chi connectivity index (χ1n) is 6.70. The van der Waals surface area contributed by atoms with Crippen molar-refractivity contribution in [2.45, 2.75) is 23.8 Å². The second-order valence-corrected chi connectivity index (χ2v) is 6.61. The van der Waals surface area contributed by atoms with Crippen molar-refractivity contribution < 1.29 is 22.7 Å². The monoisotopic (exact) mass is 324 g/mol. The van der Waals surface area contributed by atoms with E-state index in [1.54, 1.807) is 18.2 Å². The highest BCUT2D eigenvalue weighted by molar-refractivity contribution is 7.89. The second-order valence-electron chi connectivity index (χ2n) is 4.72. The molecule has 118 valence electrons. The van der Waals surface area contributed by atoms with Crippen LogP contribution in [0.3, 0.4) is 0 Å². The van der Waals surface area contributed by atoms with Crippen LogP contribution >= 0.6 is 0 Å². The van der Waals surface area contributed by atoms with Crippen molar-refractivity contribution >= 4 is 16.0 Å². The lowest BCUT2D eigenvalue weighted by molar-refractivity contribution is -0.146. The van der Waals surface area contributed by atoms with Gasteiger partial charge in [0.1, 0.15) is 17.9 Å². The SMILES string of the molecule is COc1ccc(S(=O)(=O)N2CCC[C@H]2C(=O)OCC#N)cc1. The summed E-state index contributed by atoms with van der Waals surface area (Å²) in [6.45, 7) is -0.133. The highest BCUT2D eigenvalue weighted by Gasteiger charge is 2.40. The highest BCUT2D eigenvalue weighted by atomic mass is 32.2. The molecule has 0 N–H and O–H groups in total. The van der Waals surface area contributed by atoms with E-state index in [-0.39, 0.29) is 18.0 Å². The number of hydrogen-bond donors (Lipinski definition) is 0. The summed E-state index contributed by atoms with van der Waals surface area (Å²) in [5, 5.41) is 8.44. The summed E-state index contributed by atoms with van der Waals surface area (Å²) in [6.07, 6.45) is 0.960. The average molecular weight is 324 g/mol. The number of hydrogen-bond acceptors (Lipinski definition) is 6. The number of methoxy groups -OCH3 is 1. The number of ether oxygens (including phenoxy) is 2. The summed E-state index contributed by atoms with van der Waals surface area (Å²) >= 11 is 0. The van der Waals surface area contributed by atoms with Crippen molar-refractivity contribution in [1.29, 1.82) is 5.26 Å². The van der Waals surface area contributed by atoms with Crippen LogP contribution in [-0.4, -0.2) is 45.0 Å². The molecule has 1 aromatic carbocycles. The van der Waals surface area contributed by atoms with Crippen molar-refractivity contribution in [1.82, 2.24) is 4.31 Å². The standard InChI is InChI=1S/C14H16N2O5S/c1-20-11-4-6-12(7-5-11)22(18,19)16-9-2-3-13(16)14(17)21-10-8-15/h4-7,13H,2-3,9-10H2,1H3/t13-/m0/s1. The van der Waals surface area contributed by atoms with Crippen LogP contribution in [0, 0.1) is 11.3 Å². The van der Waals surface area contributed by atoms with Crippen LogP contribution in [0.2, 0.25) is 0 Å². The Labute approximate surface area is 129 Å². The van der Waals surface area contributed by atoms with Crippen molar-refractivity contribution in [2.24, 2.45) is 0 Å². The van der Waals surface area contributed by atoms with E-state index in [2.05, 4.69) is 0 Å². The van der Waals surface area contributed by atoms with Crippen LogP contribution in [0.4, 0.5) is 0 Å². The third kappa shape index (κ3) is 3.21. The number of carbonyl (C=O) groups is 1. The maximum absolute atomic E-state index is 12.6. The third-order valence-electron chi connectivity index (χ3n) is 3.42. The predicted octanol–water partition coefficient (Wildman–Crippen LogP) is 0.915. The van der Waals surface area contributed by atoms with E-state index in [4.69, 9.17) is 14.7 Å². The zero-order valence-electron chi connectivity index (χ0n) is 12.1. The van der Waals surface area contributed by atoms with E-state index in [1.165, 1.54) is 19.2 Å². The first-order valence-corrected chi connectivity index (χ1v) is 8.14. The zero-order valence-corrected chi connectivity index (χ0v) is 12.9. The van der Waals surface area contributed by atoms with Gasteiger partial charge in [-0.3, -0.25) is 4.79 Å². The fourth-order valence-electron chi connectivity index (χ4n) is 2.35. The molecule has 0 saturated carbocycles. The summed E-state index contributed by atoms with van der Waals surface area (Å²) in [7, 11) is -2.30. The Morgan fingerprint density at radius 1 is 1.41 bits per heavy atom. The average Bonchev–Trinajstić information content (AvgIpc) is 3.03. The normalized spacial score (nSPS) is 18.6. The van der Waals surface area contributed by atoms with Gasteiger partial charge in [-0.25, -0.2) is 8.42 Å². The number of nitrogens with zero attached hydrogens (tertiary/aromatic N) is 2. The lowest BCUT2D eigenvalue weighted by Gasteiger charge is -2.22. The number of sulfonamides is 1. The molecule has 22 heavy (non-hydrogen) atoms. The van der Waals surface area contributed by atoms with E-state index in [0.717, 1.165) is 4.31 Å². The second kappa shape index (κ2) is 6.77. The molecule has 1 atom stereocenters. The fourth-order valence-corrected chi connectivity index (χ4v) is 3.99. The smallest absolute Gasteiger partial charge is 0.325 e. The van der Waals surface area contributed by atoms with Crippen molar-refractivity contribution in [3.63, 3.8) is 0 Å². The Bertz CT molecular complexity index is 678. The number of esters is 1. The third-order valence-corrected chi connectivity index (χ3v) is 5.34. The molecule has 1 aliphatic heterocycles. The highest BCUT2D eigenvalue weighted by Crippen LogP contribution is 2.27. The fraction of sp³-hybridized carbons (Fsp3) is 0.429. The minimum Gasteiger partial charge on any atom is -0.497 e. The van der Waals surface area contributed by atoms with Crippen molar-refractivity contribution in [3.8, 4) is 11.8 Å². The van der Waals surface area contributed by atoms with E-state index in [0.29, 0.717) is 18.6 Å². The maximum atomic E-state index is 12.6. The number of carbonyl (C=O) groups excluding carboxylic acids is 1. The predicted molar refractivity (Wildman–Crippen MR) is 76.5 cm³/mol. The number of benzene rings is 1. The first kappa shape index (κ1) is 16.3. The summed E-state index contributed by atoms with van der Waals surface area (Å²) in [5.74, 6) is -0.138. The summed E-state index contributed by atoms with van der Waals surface area (Å²) in [6, 6.07) is 6.79. The summed E-state index contributed by atoms with van der Waals surface area (Å²) in [4.78, 5) is 12.0. The summed E-state index contributed by atoms with van der Waals surface area (Å²) < 4.78 is 36.1. The van der Waals surface area contributed by atoms with Gasteiger partial charge < -0.3 is 9.47 Å². The van der Waals surface area contributed by atoms with Crippen molar-refractivity contribution in [3.05, 3.63) is 24.3 Å². The molecular formula is C14H16N2O5S. The molecule has 0 spiro atoms. The molecular weight excluding hydrogens is 308 g/mol. The van der Waals surface area contributed by atoms with Gasteiger partial charge in [-0.15, -0.1) is 0 Å². The quantitative estimate of drug-likeness (QED) is 0.747. The van der Waals surface area contributed by atoms with Gasteiger partial charge in [-0.1, -0.05) is 0 Å².